The van der Waals surface area contributed by atoms with Crippen molar-refractivity contribution in [1.82, 2.24) is 15.5 Å². The van der Waals surface area contributed by atoms with Gasteiger partial charge in [0.2, 0.25) is 11.8 Å². The zero-order valence-corrected chi connectivity index (χ0v) is 16.1. The van der Waals surface area contributed by atoms with Crippen molar-refractivity contribution in [3.63, 3.8) is 0 Å². The topological polar surface area (TPSA) is 95.6 Å². The van der Waals surface area contributed by atoms with Crippen LogP contribution >= 0.6 is 0 Å². The maximum absolute atomic E-state index is 12.7. The third-order valence-corrected chi connectivity index (χ3v) is 6.90. The molecule has 1 aromatic rings. The summed E-state index contributed by atoms with van der Waals surface area (Å²) in [6.07, 6.45) is 1.52. The molecule has 1 heterocycles. The van der Waals surface area contributed by atoms with E-state index in [1.807, 2.05) is 37.3 Å². The molecule has 26 heavy (non-hydrogen) atoms. The summed E-state index contributed by atoms with van der Waals surface area (Å²) in [6.45, 7) is 3.54. The van der Waals surface area contributed by atoms with Gasteiger partial charge in [-0.05, 0) is 38.4 Å². The van der Waals surface area contributed by atoms with Gasteiger partial charge >= 0.3 is 0 Å². The van der Waals surface area contributed by atoms with Crippen molar-refractivity contribution in [2.75, 3.05) is 32.4 Å². The van der Waals surface area contributed by atoms with Gasteiger partial charge in [-0.15, -0.1) is 0 Å². The first-order valence-corrected chi connectivity index (χ1v) is 10.7. The Kier molecular flexibility index (Phi) is 6.77. The van der Waals surface area contributed by atoms with Crippen molar-refractivity contribution >= 4 is 21.7 Å². The zero-order valence-electron chi connectivity index (χ0n) is 15.3. The molecule has 1 fully saturated rings. The Bertz CT molecular complexity index is 728. The second-order valence-electron chi connectivity index (χ2n) is 6.59. The second-order valence-corrected chi connectivity index (χ2v) is 8.92. The highest BCUT2D eigenvalue weighted by Crippen LogP contribution is 2.27. The number of piperidine rings is 1. The number of sulfone groups is 1. The molecule has 0 aromatic heterocycles. The Morgan fingerprint density at radius 3 is 2.35 bits per heavy atom. The first-order valence-electron chi connectivity index (χ1n) is 8.80. The standard InChI is InChI=1S/C18H27N3O4S/c1-3-21(14-15-7-5-4-6-8-15)16(22)13-20-17(23)18(26(2,24)25)9-11-19-12-10-18/h4-8,19H,3,9-14H2,1-2H3,(H,20,23). The smallest absolute Gasteiger partial charge is 0.242 e. The minimum absolute atomic E-state index is 0.204. The largest absolute Gasteiger partial charge is 0.346 e. The molecule has 144 valence electrons. The number of benzene rings is 1. The van der Waals surface area contributed by atoms with Crippen molar-refractivity contribution in [2.45, 2.75) is 31.1 Å². The molecule has 1 aromatic carbocycles. The first kappa shape index (κ1) is 20.4. The van der Waals surface area contributed by atoms with Crippen LogP contribution in [-0.2, 0) is 26.0 Å². The average Bonchev–Trinajstić information content (AvgIpc) is 2.64. The molecular formula is C18H27N3O4S. The third kappa shape index (κ3) is 4.62. The van der Waals surface area contributed by atoms with Crippen LogP contribution in [0.4, 0.5) is 0 Å². The lowest BCUT2D eigenvalue weighted by molar-refractivity contribution is -0.134. The molecule has 1 saturated heterocycles. The van der Waals surface area contributed by atoms with Crippen LogP contribution in [0.3, 0.4) is 0 Å². The number of carbonyl (C=O) groups is 2. The van der Waals surface area contributed by atoms with Crippen molar-refractivity contribution in [2.24, 2.45) is 0 Å². The maximum Gasteiger partial charge on any atom is 0.242 e. The average molecular weight is 381 g/mol. The molecule has 0 saturated carbocycles. The summed E-state index contributed by atoms with van der Waals surface area (Å²) in [5.74, 6) is -0.812. The summed E-state index contributed by atoms with van der Waals surface area (Å²) in [7, 11) is -3.59. The Labute approximate surface area is 155 Å². The van der Waals surface area contributed by atoms with Crippen LogP contribution < -0.4 is 10.6 Å². The highest BCUT2D eigenvalue weighted by Gasteiger charge is 2.48. The van der Waals surface area contributed by atoms with Gasteiger partial charge in [0.25, 0.3) is 0 Å². The molecule has 0 radical (unpaired) electrons. The van der Waals surface area contributed by atoms with Crippen LogP contribution in [-0.4, -0.2) is 62.3 Å². The molecule has 0 atom stereocenters. The molecule has 0 bridgehead atoms. The van der Waals surface area contributed by atoms with Crippen molar-refractivity contribution in [3.8, 4) is 0 Å². The van der Waals surface area contributed by atoms with Crippen LogP contribution in [0, 0.1) is 0 Å². The van der Waals surface area contributed by atoms with Gasteiger partial charge in [0.15, 0.2) is 14.6 Å². The van der Waals surface area contributed by atoms with Gasteiger partial charge in [0, 0.05) is 19.3 Å². The van der Waals surface area contributed by atoms with E-state index in [9.17, 15) is 18.0 Å². The third-order valence-electron chi connectivity index (χ3n) is 4.89. The zero-order chi connectivity index (χ0) is 19.2. The van der Waals surface area contributed by atoms with Gasteiger partial charge in [-0.1, -0.05) is 30.3 Å². The van der Waals surface area contributed by atoms with Gasteiger partial charge in [-0.2, -0.15) is 0 Å². The van der Waals surface area contributed by atoms with E-state index in [4.69, 9.17) is 0 Å². The number of nitrogens with one attached hydrogen (secondary N) is 2. The lowest BCUT2D eigenvalue weighted by atomic mass is 9.96. The normalized spacial score (nSPS) is 16.7. The molecule has 1 aliphatic heterocycles. The van der Waals surface area contributed by atoms with E-state index in [0.29, 0.717) is 26.2 Å². The number of carbonyl (C=O) groups excluding carboxylic acids is 2. The maximum atomic E-state index is 12.7. The van der Waals surface area contributed by atoms with Crippen LogP contribution in [0.1, 0.15) is 25.3 Å². The Morgan fingerprint density at radius 1 is 1.19 bits per heavy atom. The van der Waals surface area contributed by atoms with Gasteiger partial charge < -0.3 is 15.5 Å². The molecule has 8 heteroatoms. The van der Waals surface area contributed by atoms with Crippen LogP contribution in [0.15, 0.2) is 30.3 Å². The molecule has 7 nitrogen and oxygen atoms in total. The van der Waals surface area contributed by atoms with E-state index in [1.165, 1.54) is 0 Å². The number of amides is 2. The van der Waals surface area contributed by atoms with Gasteiger partial charge in [0.1, 0.15) is 0 Å². The van der Waals surface area contributed by atoms with Crippen LogP contribution in [0.2, 0.25) is 0 Å². The lowest BCUT2D eigenvalue weighted by Crippen LogP contribution is -2.58. The van der Waals surface area contributed by atoms with Crippen molar-refractivity contribution in [3.05, 3.63) is 35.9 Å². The minimum Gasteiger partial charge on any atom is -0.346 e. The quantitative estimate of drug-likeness (QED) is 0.709. The fourth-order valence-electron chi connectivity index (χ4n) is 3.21. The SMILES string of the molecule is CCN(Cc1ccccc1)C(=O)CNC(=O)C1(S(C)(=O)=O)CCNCC1. The highest BCUT2D eigenvalue weighted by atomic mass is 32.2. The fraction of sp³-hybridized carbons (Fsp3) is 0.556. The number of hydrogen-bond donors (Lipinski definition) is 2. The summed E-state index contributed by atoms with van der Waals surface area (Å²) in [5.41, 5.74) is 1.000. The highest BCUT2D eigenvalue weighted by molar-refractivity contribution is 7.92. The van der Waals surface area contributed by atoms with E-state index >= 15 is 0 Å². The minimum atomic E-state index is -3.59. The summed E-state index contributed by atoms with van der Waals surface area (Å²) in [5, 5.41) is 5.63. The van der Waals surface area contributed by atoms with E-state index in [-0.39, 0.29) is 25.3 Å². The summed E-state index contributed by atoms with van der Waals surface area (Å²) in [4.78, 5) is 26.8. The molecule has 2 amide bonds. The molecule has 0 aliphatic carbocycles. The monoisotopic (exact) mass is 381 g/mol. The van der Waals surface area contributed by atoms with Gasteiger partial charge in [-0.25, -0.2) is 8.42 Å². The van der Waals surface area contributed by atoms with Crippen LogP contribution in [0.25, 0.3) is 0 Å². The first-order chi connectivity index (χ1) is 12.3. The Hall–Kier alpha value is -1.93. The lowest BCUT2D eigenvalue weighted by Gasteiger charge is -2.34. The predicted octanol–water partition coefficient (Wildman–Crippen LogP) is 0.318. The number of hydrogen-bond acceptors (Lipinski definition) is 5. The number of nitrogens with zero attached hydrogens (tertiary/aromatic N) is 1. The summed E-state index contributed by atoms with van der Waals surface area (Å²) < 4.78 is 23.0. The molecule has 1 aliphatic rings. The Morgan fingerprint density at radius 2 is 1.81 bits per heavy atom. The Balaban J connectivity index is 2.01. The summed E-state index contributed by atoms with van der Waals surface area (Å²) >= 11 is 0. The van der Waals surface area contributed by atoms with Gasteiger partial charge in [-0.3, -0.25) is 9.59 Å². The second kappa shape index (κ2) is 8.64. The molecule has 0 spiro atoms. The van der Waals surface area contributed by atoms with Crippen molar-refractivity contribution in [1.29, 1.82) is 0 Å². The van der Waals surface area contributed by atoms with Crippen LogP contribution in [0.5, 0.6) is 0 Å². The fourth-order valence-corrected chi connectivity index (χ4v) is 4.56. The predicted molar refractivity (Wildman–Crippen MR) is 100 cm³/mol. The number of likely N-dealkylation sites (N-methyl/N-ethyl adjacent to an activating group) is 1. The summed E-state index contributed by atoms with van der Waals surface area (Å²) in [6, 6.07) is 9.58. The van der Waals surface area contributed by atoms with E-state index in [2.05, 4.69) is 10.6 Å². The molecular weight excluding hydrogens is 354 g/mol. The van der Waals surface area contributed by atoms with E-state index < -0.39 is 20.5 Å². The van der Waals surface area contributed by atoms with Crippen molar-refractivity contribution < 1.29 is 18.0 Å². The molecule has 2 N–H and O–H groups in total. The molecule has 0 unspecified atom stereocenters. The number of rotatable bonds is 7. The van der Waals surface area contributed by atoms with Gasteiger partial charge in [0.05, 0.1) is 6.54 Å². The van der Waals surface area contributed by atoms with E-state index in [0.717, 1.165) is 11.8 Å². The van der Waals surface area contributed by atoms with E-state index in [1.54, 1.807) is 4.90 Å². The molecule has 2 rings (SSSR count).